The van der Waals surface area contributed by atoms with Gasteiger partial charge in [-0.1, -0.05) is 65.9 Å². The van der Waals surface area contributed by atoms with Crippen molar-refractivity contribution in [3.8, 4) is 0 Å². The smallest absolute Gasteiger partial charge is 0.272 e. The molecule has 0 spiro atoms. The number of benzene rings is 3. The molecule has 0 bridgehead atoms. The number of rotatable bonds is 9. The van der Waals surface area contributed by atoms with Crippen molar-refractivity contribution in [1.82, 2.24) is 15.5 Å². The first kappa shape index (κ1) is 26.8. The Bertz CT molecular complexity index is 1460. The molecule has 38 heavy (non-hydrogen) atoms. The Morgan fingerprint density at radius 1 is 0.895 bits per heavy atom. The fourth-order valence-corrected chi connectivity index (χ4v) is 4.84. The van der Waals surface area contributed by atoms with Crippen LogP contribution in [-0.4, -0.2) is 33.2 Å². The molecule has 0 radical (unpaired) electrons. The lowest BCUT2D eigenvalue weighted by atomic mass is 10.1. The van der Waals surface area contributed by atoms with E-state index in [1.807, 2.05) is 49.4 Å². The van der Waals surface area contributed by atoms with Crippen LogP contribution in [0, 0.1) is 6.92 Å². The molecule has 3 N–H and O–H groups in total. The average Bonchev–Trinajstić information content (AvgIpc) is 3.33. The van der Waals surface area contributed by atoms with Crippen LogP contribution in [-0.2, 0) is 9.59 Å². The number of aromatic nitrogens is 2. The highest BCUT2D eigenvalue weighted by atomic mass is 32.2. The quantitative estimate of drug-likeness (QED) is 0.193. The number of amides is 3. The maximum absolute atomic E-state index is 13.3. The molecule has 1 atom stereocenters. The third-order valence-corrected chi connectivity index (χ3v) is 7.02. The van der Waals surface area contributed by atoms with Crippen LogP contribution in [0.15, 0.2) is 95.5 Å². The Morgan fingerprint density at radius 2 is 1.61 bits per heavy atom. The minimum Gasteiger partial charge on any atom is -0.321 e. The first-order valence-electron chi connectivity index (χ1n) is 11.7. The molecule has 0 saturated heterocycles. The van der Waals surface area contributed by atoms with Gasteiger partial charge < -0.3 is 10.6 Å². The number of hydrogen-bond acceptors (Lipinski definition) is 7. The third kappa shape index (κ3) is 7.61. The van der Waals surface area contributed by atoms with Gasteiger partial charge in [-0.25, -0.2) is 0 Å². The molecule has 192 valence electrons. The summed E-state index contributed by atoms with van der Waals surface area (Å²) in [6.45, 7) is 3.61. The molecule has 4 rings (SSSR count). The predicted molar refractivity (Wildman–Crippen MR) is 152 cm³/mol. The topological polar surface area (TPSA) is 113 Å². The van der Waals surface area contributed by atoms with Gasteiger partial charge in [0.05, 0.1) is 5.25 Å². The van der Waals surface area contributed by atoms with Crippen molar-refractivity contribution >= 4 is 57.7 Å². The number of carbonyl (C=O) groups is 3. The van der Waals surface area contributed by atoms with Gasteiger partial charge in [-0.15, -0.1) is 22.0 Å². The van der Waals surface area contributed by atoms with Crippen molar-refractivity contribution in [2.75, 3.05) is 10.6 Å². The molecule has 8 nitrogen and oxygen atoms in total. The molecule has 1 unspecified atom stereocenters. The first-order chi connectivity index (χ1) is 18.4. The summed E-state index contributed by atoms with van der Waals surface area (Å²) in [5.41, 5.74) is 1.83. The number of aryl methyl sites for hydroxylation is 1. The van der Waals surface area contributed by atoms with Crippen molar-refractivity contribution in [2.45, 2.75) is 24.0 Å². The van der Waals surface area contributed by atoms with Gasteiger partial charge in [0.1, 0.15) is 10.7 Å². The molecule has 0 aliphatic carbocycles. The van der Waals surface area contributed by atoms with Crippen molar-refractivity contribution in [1.29, 1.82) is 0 Å². The summed E-state index contributed by atoms with van der Waals surface area (Å²) in [6, 6.07) is 25.1. The van der Waals surface area contributed by atoms with Gasteiger partial charge in [0.15, 0.2) is 0 Å². The monoisotopic (exact) mass is 543 g/mol. The lowest BCUT2D eigenvalue weighted by Crippen LogP contribution is -2.30. The molecule has 0 aliphatic rings. The second-order valence-corrected chi connectivity index (χ2v) is 10.7. The van der Waals surface area contributed by atoms with E-state index in [1.165, 1.54) is 23.1 Å². The molecule has 4 aromatic rings. The van der Waals surface area contributed by atoms with Gasteiger partial charge in [-0.3, -0.25) is 19.7 Å². The highest BCUT2D eigenvalue weighted by Crippen LogP contribution is 2.27. The average molecular weight is 544 g/mol. The molecule has 3 aromatic carbocycles. The summed E-state index contributed by atoms with van der Waals surface area (Å²) in [7, 11) is 0. The fourth-order valence-electron chi connectivity index (χ4n) is 3.32. The zero-order chi connectivity index (χ0) is 26.9. The highest BCUT2D eigenvalue weighted by Gasteiger charge is 2.18. The number of carbonyl (C=O) groups excluding carboxylic acids is 3. The predicted octanol–water partition coefficient (Wildman–Crippen LogP) is 5.38. The van der Waals surface area contributed by atoms with E-state index in [2.05, 4.69) is 26.1 Å². The second kappa shape index (κ2) is 12.8. The lowest BCUT2D eigenvalue weighted by molar-refractivity contribution is -0.115. The van der Waals surface area contributed by atoms with E-state index in [9.17, 15) is 14.4 Å². The van der Waals surface area contributed by atoms with E-state index in [1.54, 1.807) is 55.5 Å². The summed E-state index contributed by atoms with van der Waals surface area (Å²) >= 11 is 2.66. The van der Waals surface area contributed by atoms with Gasteiger partial charge >= 0.3 is 0 Å². The zero-order valence-corrected chi connectivity index (χ0v) is 22.3. The van der Waals surface area contributed by atoms with E-state index >= 15 is 0 Å². The van der Waals surface area contributed by atoms with Crippen LogP contribution in [0.25, 0.3) is 6.08 Å². The summed E-state index contributed by atoms with van der Waals surface area (Å²) in [5, 5.41) is 17.0. The number of nitrogens with one attached hydrogen (secondary N) is 3. The van der Waals surface area contributed by atoms with Crippen molar-refractivity contribution < 1.29 is 14.4 Å². The Hall–Kier alpha value is -4.28. The standard InChI is InChI=1S/C28H25N5O3S2/c1-18(25(34)31-28-33-32-19(2)38-28)37-23-15-9-14-22(17-23)29-27(36)24(16-20-10-5-3-6-11-20)30-26(35)21-12-7-4-8-13-21/h3-18H,1-2H3,(H,29,36)(H,30,35)(H,31,33,34)/b24-16-. The van der Waals surface area contributed by atoms with Crippen molar-refractivity contribution in [3.63, 3.8) is 0 Å². The van der Waals surface area contributed by atoms with Crippen LogP contribution < -0.4 is 16.0 Å². The van der Waals surface area contributed by atoms with E-state index in [0.717, 1.165) is 15.5 Å². The molecule has 0 fully saturated rings. The number of thioether (sulfide) groups is 1. The van der Waals surface area contributed by atoms with Crippen LogP contribution in [0.5, 0.6) is 0 Å². The molecular weight excluding hydrogens is 518 g/mol. The van der Waals surface area contributed by atoms with Gasteiger partial charge in [-0.05, 0) is 55.8 Å². The Balaban J connectivity index is 1.46. The number of hydrogen-bond donors (Lipinski definition) is 3. The van der Waals surface area contributed by atoms with E-state index in [4.69, 9.17) is 0 Å². The molecular formula is C28H25N5O3S2. The van der Waals surface area contributed by atoms with Crippen LogP contribution in [0.4, 0.5) is 10.8 Å². The summed E-state index contributed by atoms with van der Waals surface area (Å²) in [6.07, 6.45) is 1.62. The van der Waals surface area contributed by atoms with Gasteiger partial charge in [0, 0.05) is 16.1 Å². The molecule has 1 heterocycles. The summed E-state index contributed by atoms with van der Waals surface area (Å²) < 4.78 is 0. The Labute approximate surface area is 228 Å². The SMILES string of the molecule is Cc1nnc(NC(=O)C(C)Sc2cccc(NC(=O)/C(=C/c3ccccc3)NC(=O)c3ccccc3)c2)s1. The normalized spacial score (nSPS) is 11.9. The van der Waals surface area contributed by atoms with E-state index in [0.29, 0.717) is 16.4 Å². The maximum Gasteiger partial charge on any atom is 0.272 e. The molecule has 1 aromatic heterocycles. The van der Waals surface area contributed by atoms with Crippen molar-refractivity contribution in [2.24, 2.45) is 0 Å². The minimum absolute atomic E-state index is 0.100. The number of nitrogens with zero attached hydrogens (tertiary/aromatic N) is 2. The third-order valence-electron chi connectivity index (χ3n) is 5.17. The van der Waals surface area contributed by atoms with E-state index < -0.39 is 17.1 Å². The van der Waals surface area contributed by atoms with Gasteiger partial charge in [-0.2, -0.15) is 0 Å². The minimum atomic E-state index is -0.474. The second-order valence-electron chi connectivity index (χ2n) is 8.15. The Kier molecular flexibility index (Phi) is 9.02. The molecule has 3 amide bonds. The summed E-state index contributed by atoms with van der Waals surface area (Å²) in [4.78, 5) is 39.4. The zero-order valence-electron chi connectivity index (χ0n) is 20.7. The van der Waals surface area contributed by atoms with Gasteiger partial charge in [0.2, 0.25) is 11.0 Å². The summed E-state index contributed by atoms with van der Waals surface area (Å²) in [5.74, 6) is -1.06. The van der Waals surface area contributed by atoms with Crippen LogP contribution >= 0.6 is 23.1 Å². The largest absolute Gasteiger partial charge is 0.321 e. The molecule has 0 saturated carbocycles. The van der Waals surface area contributed by atoms with Crippen molar-refractivity contribution in [3.05, 3.63) is 107 Å². The lowest BCUT2D eigenvalue weighted by Gasteiger charge is -2.13. The number of anilines is 2. The van der Waals surface area contributed by atoms with Crippen LogP contribution in [0.3, 0.4) is 0 Å². The van der Waals surface area contributed by atoms with E-state index in [-0.39, 0.29) is 11.6 Å². The maximum atomic E-state index is 13.3. The Morgan fingerprint density at radius 3 is 2.29 bits per heavy atom. The highest BCUT2D eigenvalue weighted by molar-refractivity contribution is 8.00. The molecule has 10 heteroatoms. The molecule has 0 aliphatic heterocycles. The van der Waals surface area contributed by atoms with Gasteiger partial charge in [0.25, 0.3) is 11.8 Å². The fraction of sp³-hybridized carbons (Fsp3) is 0.107. The van der Waals surface area contributed by atoms with Crippen LogP contribution in [0.1, 0.15) is 27.9 Å². The van der Waals surface area contributed by atoms with Crippen LogP contribution in [0.2, 0.25) is 0 Å². The first-order valence-corrected chi connectivity index (χ1v) is 13.4.